The minimum absolute atomic E-state index is 0.0104. The molecular weight excluding hydrogens is 390 g/mol. The molecule has 7 nitrogen and oxygen atoms in total. The fourth-order valence-corrected chi connectivity index (χ4v) is 4.69. The molecule has 8 heteroatoms. The number of hydrogen-bond donors (Lipinski definition) is 2. The minimum Gasteiger partial charge on any atom is -0.379 e. The first-order valence-corrected chi connectivity index (χ1v) is 11.8. The molecular formula is C21H31N3O4S. The predicted octanol–water partition coefficient (Wildman–Crippen LogP) is 2.63. The van der Waals surface area contributed by atoms with Gasteiger partial charge in [-0.3, -0.25) is 4.79 Å². The van der Waals surface area contributed by atoms with Crippen LogP contribution in [0.2, 0.25) is 0 Å². The van der Waals surface area contributed by atoms with Gasteiger partial charge >= 0.3 is 0 Å². The first kappa shape index (κ1) is 22.0. The molecule has 0 fully saturated rings. The fourth-order valence-electron chi connectivity index (χ4n) is 3.81. The molecule has 29 heavy (non-hydrogen) atoms. The van der Waals surface area contributed by atoms with Gasteiger partial charge < -0.3 is 9.64 Å². The molecule has 3 rings (SSSR count). The lowest BCUT2D eigenvalue weighted by Gasteiger charge is -2.28. The Morgan fingerprint density at radius 3 is 2.55 bits per heavy atom. The zero-order chi connectivity index (χ0) is 21.0. The molecule has 0 saturated heterocycles. The number of rotatable bonds is 9. The molecule has 0 aromatic heterocycles. The normalized spacial score (nSPS) is 19.9. The number of hydrazine groups is 1. The van der Waals surface area contributed by atoms with Crippen LogP contribution in [0, 0.1) is 6.92 Å². The Morgan fingerprint density at radius 2 is 1.86 bits per heavy atom. The van der Waals surface area contributed by atoms with Crippen molar-refractivity contribution in [2.45, 2.75) is 70.0 Å². The third-order valence-electron chi connectivity index (χ3n) is 5.33. The van der Waals surface area contributed by atoms with Crippen molar-refractivity contribution in [3.8, 4) is 0 Å². The zero-order valence-electron chi connectivity index (χ0n) is 17.4. The van der Waals surface area contributed by atoms with Gasteiger partial charge in [-0.2, -0.15) is 0 Å². The second-order valence-corrected chi connectivity index (χ2v) is 9.63. The molecule has 160 valence electrons. The van der Waals surface area contributed by atoms with Gasteiger partial charge in [-0.05, 0) is 70.6 Å². The molecule has 1 amide bonds. The number of carbonyl (C=O) groups excluding carboxylic acids is 1. The van der Waals surface area contributed by atoms with Crippen LogP contribution in [-0.2, 0) is 19.6 Å². The van der Waals surface area contributed by atoms with Crippen molar-refractivity contribution >= 4 is 15.9 Å². The molecule has 0 saturated carbocycles. The van der Waals surface area contributed by atoms with Gasteiger partial charge in [0.1, 0.15) is 6.17 Å². The maximum Gasteiger partial charge on any atom is 0.253 e. The third-order valence-corrected chi connectivity index (χ3v) is 6.61. The van der Waals surface area contributed by atoms with E-state index in [-0.39, 0.29) is 16.9 Å². The number of ether oxygens (including phenoxy) is 1. The summed E-state index contributed by atoms with van der Waals surface area (Å²) in [6.45, 7) is 6.94. The van der Waals surface area contributed by atoms with Crippen molar-refractivity contribution < 1.29 is 17.9 Å². The Kier molecular flexibility index (Phi) is 7.10. The van der Waals surface area contributed by atoms with Gasteiger partial charge in [0, 0.05) is 18.7 Å². The van der Waals surface area contributed by atoms with Crippen LogP contribution >= 0.6 is 0 Å². The molecule has 1 aromatic carbocycles. The summed E-state index contributed by atoms with van der Waals surface area (Å²) in [5.74, 6) is 0.0104. The van der Waals surface area contributed by atoms with Crippen LogP contribution in [0.25, 0.3) is 0 Å². The van der Waals surface area contributed by atoms with Crippen molar-refractivity contribution in [2.24, 2.45) is 0 Å². The van der Waals surface area contributed by atoms with E-state index in [2.05, 4.69) is 10.3 Å². The molecule has 1 heterocycles. The van der Waals surface area contributed by atoms with Crippen LogP contribution < -0.4 is 10.3 Å². The maximum absolute atomic E-state index is 12.9. The molecule has 1 aliphatic heterocycles. The number of nitrogens with zero attached hydrogens (tertiary/aromatic N) is 1. The lowest BCUT2D eigenvalue weighted by atomic mass is 9.92. The molecule has 1 aliphatic carbocycles. The summed E-state index contributed by atoms with van der Waals surface area (Å²) in [6, 6.07) is 6.67. The topological polar surface area (TPSA) is 87.7 Å². The molecule has 2 N–H and O–H groups in total. The highest BCUT2D eigenvalue weighted by Crippen LogP contribution is 2.35. The lowest BCUT2D eigenvalue weighted by molar-refractivity contribution is -0.128. The standard InChI is InChI=1S/C21H31N3O4S/c1-15(2)28-14-6-13-24-20(18-7-4-5-8-19(18)21(24)25)22-23-29(26,27)17-11-9-16(3)10-12-17/h9-12,15,20,22-23H,4-8,13-14H2,1-3H3/t20-/m0/s1. The summed E-state index contributed by atoms with van der Waals surface area (Å²) in [5.41, 5.74) is 5.78. The van der Waals surface area contributed by atoms with Crippen LogP contribution in [0.15, 0.2) is 40.3 Å². The van der Waals surface area contributed by atoms with Gasteiger partial charge in [0.05, 0.1) is 11.0 Å². The molecule has 0 unspecified atom stereocenters. The number of aryl methyl sites for hydroxylation is 1. The third kappa shape index (κ3) is 5.25. The highest BCUT2D eigenvalue weighted by atomic mass is 32.2. The first-order valence-electron chi connectivity index (χ1n) is 10.3. The van der Waals surface area contributed by atoms with Gasteiger partial charge in [0.2, 0.25) is 0 Å². The first-order chi connectivity index (χ1) is 13.8. The molecule has 0 bridgehead atoms. The van der Waals surface area contributed by atoms with E-state index in [4.69, 9.17) is 4.74 Å². The van der Waals surface area contributed by atoms with E-state index in [1.54, 1.807) is 29.2 Å². The number of benzene rings is 1. The van der Waals surface area contributed by atoms with Crippen LogP contribution in [0.5, 0.6) is 0 Å². The summed E-state index contributed by atoms with van der Waals surface area (Å²) in [7, 11) is -3.73. The fraction of sp³-hybridized carbons (Fsp3) is 0.571. The summed E-state index contributed by atoms with van der Waals surface area (Å²) in [4.78, 5) is 17.3. The van der Waals surface area contributed by atoms with E-state index >= 15 is 0 Å². The maximum atomic E-state index is 12.9. The Labute approximate surface area is 173 Å². The summed E-state index contributed by atoms with van der Waals surface area (Å²) in [5, 5.41) is 0. The van der Waals surface area contributed by atoms with E-state index in [9.17, 15) is 13.2 Å². The quantitative estimate of drug-likeness (QED) is 0.473. The van der Waals surface area contributed by atoms with Gasteiger partial charge in [-0.15, -0.1) is 4.83 Å². The minimum atomic E-state index is -3.73. The van der Waals surface area contributed by atoms with Gasteiger partial charge in [0.25, 0.3) is 15.9 Å². The number of amides is 1. The van der Waals surface area contributed by atoms with Crippen molar-refractivity contribution in [1.82, 2.24) is 15.2 Å². The summed E-state index contributed by atoms with van der Waals surface area (Å²) in [6.07, 6.45) is 3.98. The second-order valence-electron chi connectivity index (χ2n) is 7.95. The Morgan fingerprint density at radius 1 is 1.17 bits per heavy atom. The smallest absolute Gasteiger partial charge is 0.253 e. The highest BCUT2D eigenvalue weighted by Gasteiger charge is 2.39. The van der Waals surface area contributed by atoms with Crippen LogP contribution in [-0.4, -0.2) is 44.6 Å². The Hall–Kier alpha value is -1.74. The molecule has 1 atom stereocenters. The van der Waals surface area contributed by atoms with Crippen LogP contribution in [0.3, 0.4) is 0 Å². The van der Waals surface area contributed by atoms with E-state index in [1.165, 1.54) is 0 Å². The van der Waals surface area contributed by atoms with Gasteiger partial charge in [-0.25, -0.2) is 13.8 Å². The Bertz CT molecular complexity index is 862. The zero-order valence-corrected chi connectivity index (χ0v) is 18.2. The van der Waals surface area contributed by atoms with Crippen LogP contribution in [0.4, 0.5) is 0 Å². The average Bonchev–Trinajstić information content (AvgIpc) is 2.95. The van der Waals surface area contributed by atoms with Crippen molar-refractivity contribution in [1.29, 1.82) is 0 Å². The van der Waals surface area contributed by atoms with Crippen molar-refractivity contribution in [3.63, 3.8) is 0 Å². The summed E-state index contributed by atoms with van der Waals surface area (Å²) >= 11 is 0. The van der Waals surface area contributed by atoms with Crippen molar-refractivity contribution in [3.05, 3.63) is 41.0 Å². The summed E-state index contributed by atoms with van der Waals surface area (Å²) < 4.78 is 30.9. The number of nitrogens with one attached hydrogen (secondary N) is 2. The highest BCUT2D eigenvalue weighted by molar-refractivity contribution is 7.89. The molecule has 0 radical (unpaired) electrons. The Balaban J connectivity index is 1.71. The molecule has 1 aromatic rings. The van der Waals surface area contributed by atoms with E-state index in [1.807, 2.05) is 20.8 Å². The van der Waals surface area contributed by atoms with E-state index in [0.29, 0.717) is 19.6 Å². The number of carbonyl (C=O) groups is 1. The van der Waals surface area contributed by atoms with Crippen molar-refractivity contribution in [2.75, 3.05) is 13.2 Å². The predicted molar refractivity (Wildman–Crippen MR) is 111 cm³/mol. The SMILES string of the molecule is Cc1ccc(S(=O)(=O)NN[C@@H]2C3=C(CCCC3)C(=O)N2CCCOC(C)C)cc1. The van der Waals surface area contributed by atoms with E-state index < -0.39 is 16.2 Å². The largest absolute Gasteiger partial charge is 0.379 e. The molecule has 0 spiro atoms. The monoisotopic (exact) mass is 421 g/mol. The van der Waals surface area contributed by atoms with Gasteiger partial charge in [-0.1, -0.05) is 17.7 Å². The average molecular weight is 422 g/mol. The second kappa shape index (κ2) is 9.38. The lowest BCUT2D eigenvalue weighted by Crippen LogP contribution is -2.53. The van der Waals surface area contributed by atoms with Gasteiger partial charge in [0.15, 0.2) is 0 Å². The van der Waals surface area contributed by atoms with Crippen LogP contribution in [0.1, 0.15) is 51.5 Å². The molecule has 2 aliphatic rings. The number of hydrogen-bond acceptors (Lipinski definition) is 5. The van der Waals surface area contributed by atoms with E-state index in [0.717, 1.165) is 42.4 Å². The number of sulfonamides is 1.